The first-order valence-corrected chi connectivity index (χ1v) is 6.94. The maximum atomic E-state index is 11.8. The van der Waals surface area contributed by atoms with Crippen LogP contribution in [0.15, 0.2) is 5.38 Å². The van der Waals surface area contributed by atoms with Gasteiger partial charge in [0.2, 0.25) is 5.91 Å². The lowest BCUT2D eigenvalue weighted by molar-refractivity contribution is -0.126. The van der Waals surface area contributed by atoms with Crippen LogP contribution < -0.4 is 10.6 Å². The summed E-state index contributed by atoms with van der Waals surface area (Å²) in [5, 5.41) is 9.32. The largest absolute Gasteiger partial charge is 0.355 e. The van der Waals surface area contributed by atoms with Crippen molar-refractivity contribution in [2.45, 2.75) is 20.3 Å². The molecule has 1 aromatic heterocycles. The number of carbonyl (C=O) groups is 1. The van der Waals surface area contributed by atoms with E-state index in [1.807, 2.05) is 19.2 Å². The van der Waals surface area contributed by atoms with E-state index in [-0.39, 0.29) is 11.8 Å². The second-order valence-electron chi connectivity index (χ2n) is 4.63. The molecule has 1 amide bonds. The summed E-state index contributed by atoms with van der Waals surface area (Å²) in [6, 6.07) is 0. The molecule has 5 heteroatoms. The van der Waals surface area contributed by atoms with E-state index in [0.717, 1.165) is 30.2 Å². The van der Waals surface area contributed by atoms with Crippen LogP contribution in [-0.4, -0.2) is 30.5 Å². The Bertz CT molecular complexity index is 387. The lowest BCUT2D eigenvalue weighted by atomic mass is 9.88. The second kappa shape index (κ2) is 5.60. The summed E-state index contributed by atoms with van der Waals surface area (Å²) < 4.78 is 0. The van der Waals surface area contributed by atoms with Gasteiger partial charge in [0, 0.05) is 30.0 Å². The summed E-state index contributed by atoms with van der Waals surface area (Å²) in [6.45, 7) is 6.63. The molecule has 2 rings (SSSR count). The van der Waals surface area contributed by atoms with Crippen molar-refractivity contribution in [2.75, 3.05) is 19.6 Å². The molecular formula is C12H19N3OS. The highest BCUT2D eigenvalue weighted by molar-refractivity contribution is 7.09. The molecule has 2 heterocycles. The standard InChI is InChI=1S/C12H19N3OS/c1-8-7-17-11(15-8)3-4-14-12(16)9(2)10-5-13-6-10/h7,9-10,13H,3-6H2,1-2H3,(H,14,16). The zero-order chi connectivity index (χ0) is 12.3. The molecule has 1 aliphatic heterocycles. The van der Waals surface area contributed by atoms with Gasteiger partial charge >= 0.3 is 0 Å². The van der Waals surface area contributed by atoms with Gasteiger partial charge in [-0.1, -0.05) is 6.92 Å². The number of aromatic nitrogens is 1. The Morgan fingerprint density at radius 1 is 1.71 bits per heavy atom. The van der Waals surface area contributed by atoms with Crippen molar-refractivity contribution in [3.8, 4) is 0 Å². The van der Waals surface area contributed by atoms with Gasteiger partial charge in [-0.05, 0) is 25.9 Å². The van der Waals surface area contributed by atoms with Gasteiger partial charge in [-0.25, -0.2) is 4.98 Å². The third kappa shape index (κ3) is 3.26. The maximum Gasteiger partial charge on any atom is 0.223 e. The van der Waals surface area contributed by atoms with Crippen molar-refractivity contribution in [3.63, 3.8) is 0 Å². The summed E-state index contributed by atoms with van der Waals surface area (Å²) in [7, 11) is 0. The smallest absolute Gasteiger partial charge is 0.223 e. The van der Waals surface area contributed by atoms with Gasteiger partial charge < -0.3 is 10.6 Å². The second-order valence-corrected chi connectivity index (χ2v) is 5.57. The van der Waals surface area contributed by atoms with Crippen LogP contribution in [0.25, 0.3) is 0 Å². The molecule has 0 bridgehead atoms. The highest BCUT2D eigenvalue weighted by Crippen LogP contribution is 2.15. The van der Waals surface area contributed by atoms with Gasteiger partial charge in [0.25, 0.3) is 0 Å². The van der Waals surface area contributed by atoms with Crippen LogP contribution in [0.1, 0.15) is 17.6 Å². The van der Waals surface area contributed by atoms with Crippen LogP contribution in [0, 0.1) is 18.8 Å². The number of hydrogen-bond donors (Lipinski definition) is 2. The van der Waals surface area contributed by atoms with E-state index in [1.54, 1.807) is 11.3 Å². The highest BCUT2D eigenvalue weighted by atomic mass is 32.1. The quantitative estimate of drug-likeness (QED) is 0.822. The zero-order valence-electron chi connectivity index (χ0n) is 10.3. The Morgan fingerprint density at radius 3 is 3.00 bits per heavy atom. The average Bonchev–Trinajstić information content (AvgIpc) is 2.61. The minimum atomic E-state index is 0.120. The first kappa shape index (κ1) is 12.5. The van der Waals surface area contributed by atoms with Crippen molar-refractivity contribution in [1.82, 2.24) is 15.6 Å². The van der Waals surface area contributed by atoms with E-state index in [9.17, 15) is 4.79 Å². The molecule has 1 atom stereocenters. The number of nitrogens with zero attached hydrogens (tertiary/aromatic N) is 1. The summed E-state index contributed by atoms with van der Waals surface area (Å²) in [6.07, 6.45) is 0.833. The number of nitrogens with one attached hydrogen (secondary N) is 2. The Hall–Kier alpha value is -0.940. The van der Waals surface area contributed by atoms with E-state index < -0.39 is 0 Å². The molecule has 1 unspecified atom stereocenters. The molecule has 1 saturated heterocycles. The number of hydrogen-bond acceptors (Lipinski definition) is 4. The number of rotatable bonds is 5. The third-order valence-electron chi connectivity index (χ3n) is 3.24. The van der Waals surface area contributed by atoms with Gasteiger partial charge in [-0.15, -0.1) is 11.3 Å². The minimum Gasteiger partial charge on any atom is -0.355 e. The SMILES string of the molecule is Cc1csc(CCNC(=O)C(C)C2CNC2)n1. The first-order valence-electron chi connectivity index (χ1n) is 6.06. The van der Waals surface area contributed by atoms with Crippen LogP contribution in [0.5, 0.6) is 0 Å². The molecule has 2 N–H and O–H groups in total. The van der Waals surface area contributed by atoms with E-state index in [2.05, 4.69) is 15.6 Å². The summed E-state index contributed by atoms with van der Waals surface area (Å²) in [5.74, 6) is 0.802. The molecule has 4 nitrogen and oxygen atoms in total. The number of carbonyl (C=O) groups excluding carboxylic acids is 1. The molecule has 1 fully saturated rings. The van der Waals surface area contributed by atoms with Gasteiger partial charge in [0.05, 0.1) is 5.01 Å². The summed E-state index contributed by atoms with van der Waals surface area (Å²) in [4.78, 5) is 16.2. The molecular weight excluding hydrogens is 234 g/mol. The lowest BCUT2D eigenvalue weighted by Gasteiger charge is -2.31. The fraction of sp³-hybridized carbons (Fsp3) is 0.667. The Morgan fingerprint density at radius 2 is 2.47 bits per heavy atom. The fourth-order valence-electron chi connectivity index (χ4n) is 1.85. The van der Waals surface area contributed by atoms with Crippen molar-refractivity contribution in [2.24, 2.45) is 11.8 Å². The number of amides is 1. The van der Waals surface area contributed by atoms with Crippen LogP contribution in [0.2, 0.25) is 0 Å². The van der Waals surface area contributed by atoms with E-state index in [0.29, 0.717) is 12.5 Å². The van der Waals surface area contributed by atoms with Crippen LogP contribution in [-0.2, 0) is 11.2 Å². The van der Waals surface area contributed by atoms with Gasteiger partial charge in [-0.3, -0.25) is 4.79 Å². The van der Waals surface area contributed by atoms with Crippen molar-refractivity contribution < 1.29 is 4.79 Å². The number of aryl methyl sites for hydroxylation is 1. The van der Waals surface area contributed by atoms with Crippen molar-refractivity contribution in [3.05, 3.63) is 16.1 Å². The number of thiazole rings is 1. The van der Waals surface area contributed by atoms with Crippen molar-refractivity contribution in [1.29, 1.82) is 0 Å². The monoisotopic (exact) mass is 253 g/mol. The van der Waals surface area contributed by atoms with Gasteiger partial charge in [0.1, 0.15) is 0 Å². The maximum absolute atomic E-state index is 11.8. The summed E-state index contributed by atoms with van der Waals surface area (Å²) in [5.41, 5.74) is 1.06. The van der Waals surface area contributed by atoms with Crippen LogP contribution in [0.3, 0.4) is 0 Å². The van der Waals surface area contributed by atoms with Gasteiger partial charge in [0.15, 0.2) is 0 Å². The third-order valence-corrected chi connectivity index (χ3v) is 4.26. The molecule has 1 aromatic rings. The molecule has 1 aliphatic rings. The average molecular weight is 253 g/mol. The minimum absolute atomic E-state index is 0.120. The molecule has 0 saturated carbocycles. The summed E-state index contributed by atoms with van der Waals surface area (Å²) >= 11 is 1.66. The Kier molecular flexibility index (Phi) is 4.12. The predicted octanol–water partition coefficient (Wildman–Crippen LogP) is 0.966. The molecule has 0 radical (unpaired) electrons. The van der Waals surface area contributed by atoms with Crippen LogP contribution >= 0.6 is 11.3 Å². The fourth-order valence-corrected chi connectivity index (χ4v) is 2.63. The van der Waals surface area contributed by atoms with Gasteiger partial charge in [-0.2, -0.15) is 0 Å². The Labute approximate surface area is 106 Å². The Balaban J connectivity index is 1.69. The van der Waals surface area contributed by atoms with Crippen LogP contribution in [0.4, 0.5) is 0 Å². The molecule has 0 aromatic carbocycles. The normalized spacial score (nSPS) is 17.5. The van der Waals surface area contributed by atoms with E-state index >= 15 is 0 Å². The zero-order valence-corrected chi connectivity index (χ0v) is 11.1. The topological polar surface area (TPSA) is 54.0 Å². The first-order chi connectivity index (χ1) is 8.16. The molecule has 0 aliphatic carbocycles. The lowest BCUT2D eigenvalue weighted by Crippen LogP contribution is -2.49. The highest BCUT2D eigenvalue weighted by Gasteiger charge is 2.28. The molecule has 17 heavy (non-hydrogen) atoms. The molecule has 94 valence electrons. The predicted molar refractivity (Wildman–Crippen MR) is 69.1 cm³/mol. The van der Waals surface area contributed by atoms with E-state index in [4.69, 9.17) is 0 Å². The molecule has 0 spiro atoms. The van der Waals surface area contributed by atoms with E-state index in [1.165, 1.54) is 0 Å². The van der Waals surface area contributed by atoms with Crippen molar-refractivity contribution >= 4 is 17.2 Å².